The predicted molar refractivity (Wildman–Crippen MR) is 118 cm³/mol. The third kappa shape index (κ3) is 9.10. The van der Waals surface area contributed by atoms with Gasteiger partial charge in [0, 0.05) is 18.2 Å². The molecule has 0 fully saturated rings. The molecule has 1 amide bonds. The van der Waals surface area contributed by atoms with Crippen molar-refractivity contribution in [2.45, 2.75) is 45.4 Å². The number of alkyl carbamates (subject to hydrolysis) is 1. The van der Waals surface area contributed by atoms with Crippen LogP contribution in [0.1, 0.15) is 37.7 Å². The van der Waals surface area contributed by atoms with Gasteiger partial charge in [-0.05, 0) is 44.5 Å². The van der Waals surface area contributed by atoms with E-state index >= 15 is 0 Å². The first-order chi connectivity index (χ1) is 15.6. The number of halogens is 1. The second-order valence-corrected chi connectivity index (χ2v) is 8.02. The number of hydrogen-bond acceptors (Lipinski definition) is 7. The standard InChI is InChI=1S/C24H27FN2O6/c1-24(2,3)33-23(30)27-20(22(29)32-15-16-8-6-5-7-9-16)14-17-10-11-18(25)19(26-17)12-13-21(28)31-4/h5-13,20H,14-15H2,1-4H3,(H,27,30)/b13-12+. The van der Waals surface area contributed by atoms with E-state index in [2.05, 4.69) is 15.0 Å². The number of esters is 2. The molecule has 0 radical (unpaired) electrons. The van der Waals surface area contributed by atoms with Crippen molar-refractivity contribution in [2.75, 3.05) is 7.11 Å². The van der Waals surface area contributed by atoms with Crippen LogP contribution in [0.2, 0.25) is 0 Å². The van der Waals surface area contributed by atoms with E-state index in [-0.39, 0.29) is 18.7 Å². The number of rotatable bonds is 8. The molecule has 0 aliphatic heterocycles. The Balaban J connectivity index is 2.20. The third-order valence-electron chi connectivity index (χ3n) is 4.12. The van der Waals surface area contributed by atoms with E-state index in [4.69, 9.17) is 9.47 Å². The predicted octanol–water partition coefficient (Wildman–Crippen LogP) is 3.59. The van der Waals surface area contributed by atoms with Crippen LogP contribution < -0.4 is 5.32 Å². The molecule has 176 valence electrons. The second kappa shape index (κ2) is 11.8. The van der Waals surface area contributed by atoms with Gasteiger partial charge in [-0.25, -0.2) is 18.8 Å². The highest BCUT2D eigenvalue weighted by atomic mass is 19.1. The van der Waals surface area contributed by atoms with Crippen molar-refractivity contribution in [2.24, 2.45) is 0 Å². The number of ether oxygens (including phenoxy) is 3. The summed E-state index contributed by atoms with van der Waals surface area (Å²) < 4.78 is 29.2. The Kier molecular flexibility index (Phi) is 9.08. The minimum absolute atomic E-state index is 0.0101. The van der Waals surface area contributed by atoms with Crippen molar-refractivity contribution in [3.63, 3.8) is 0 Å². The Labute approximate surface area is 191 Å². The van der Waals surface area contributed by atoms with Crippen LogP contribution in [0.15, 0.2) is 48.5 Å². The lowest BCUT2D eigenvalue weighted by Gasteiger charge is -2.23. The summed E-state index contributed by atoms with van der Waals surface area (Å²) >= 11 is 0. The Morgan fingerprint density at radius 3 is 2.45 bits per heavy atom. The summed E-state index contributed by atoms with van der Waals surface area (Å²) in [5, 5.41) is 2.49. The van der Waals surface area contributed by atoms with E-state index in [1.165, 1.54) is 13.2 Å². The molecule has 0 bridgehead atoms. The Hall–Kier alpha value is -3.75. The molecule has 0 spiro atoms. The van der Waals surface area contributed by atoms with Gasteiger partial charge in [-0.2, -0.15) is 0 Å². The number of carbonyl (C=O) groups is 3. The first-order valence-corrected chi connectivity index (χ1v) is 10.2. The maximum Gasteiger partial charge on any atom is 0.408 e. The van der Waals surface area contributed by atoms with E-state index in [0.29, 0.717) is 5.69 Å². The SMILES string of the molecule is COC(=O)/C=C/c1nc(CC(NC(=O)OC(C)(C)C)C(=O)OCc2ccccc2)ccc1F. The summed E-state index contributed by atoms with van der Waals surface area (Å²) in [5.41, 5.74) is 0.171. The molecule has 9 heteroatoms. The van der Waals surface area contributed by atoms with E-state index in [0.717, 1.165) is 23.8 Å². The number of benzene rings is 1. The zero-order chi connectivity index (χ0) is 24.4. The number of nitrogens with one attached hydrogen (secondary N) is 1. The zero-order valence-electron chi connectivity index (χ0n) is 19.0. The average molecular weight is 458 g/mol. The molecular formula is C24H27FN2O6. The lowest BCUT2D eigenvalue weighted by molar-refractivity contribution is -0.147. The highest BCUT2D eigenvalue weighted by molar-refractivity contribution is 5.86. The molecule has 33 heavy (non-hydrogen) atoms. The van der Waals surface area contributed by atoms with Gasteiger partial charge < -0.3 is 19.5 Å². The van der Waals surface area contributed by atoms with Crippen LogP contribution in [0.4, 0.5) is 9.18 Å². The van der Waals surface area contributed by atoms with Crippen LogP contribution >= 0.6 is 0 Å². The van der Waals surface area contributed by atoms with Gasteiger partial charge in [0.05, 0.1) is 12.8 Å². The number of amides is 1. The zero-order valence-corrected chi connectivity index (χ0v) is 19.0. The van der Waals surface area contributed by atoms with Gasteiger partial charge in [-0.3, -0.25) is 4.98 Å². The fourth-order valence-electron chi connectivity index (χ4n) is 2.63. The summed E-state index contributed by atoms with van der Waals surface area (Å²) in [7, 11) is 1.20. The Bertz CT molecular complexity index is 1000. The summed E-state index contributed by atoms with van der Waals surface area (Å²) in [5.74, 6) is -2.04. The van der Waals surface area contributed by atoms with Crippen molar-refractivity contribution in [3.8, 4) is 0 Å². The molecule has 8 nitrogen and oxygen atoms in total. The quantitative estimate of drug-likeness (QED) is 0.366. The Morgan fingerprint density at radius 2 is 1.82 bits per heavy atom. The van der Waals surface area contributed by atoms with E-state index in [9.17, 15) is 18.8 Å². The molecule has 1 heterocycles. The fraction of sp³-hybridized carbons (Fsp3) is 0.333. The number of hydrogen-bond donors (Lipinski definition) is 1. The van der Waals surface area contributed by atoms with Gasteiger partial charge in [0.15, 0.2) is 0 Å². The smallest absolute Gasteiger partial charge is 0.408 e. The average Bonchev–Trinajstić information content (AvgIpc) is 2.76. The molecule has 1 N–H and O–H groups in total. The first kappa shape index (κ1) is 25.5. The minimum atomic E-state index is -1.14. The molecule has 2 rings (SSSR count). The van der Waals surface area contributed by atoms with E-state index < -0.39 is 35.5 Å². The first-order valence-electron chi connectivity index (χ1n) is 10.2. The van der Waals surface area contributed by atoms with Crippen molar-refractivity contribution >= 4 is 24.1 Å². The third-order valence-corrected chi connectivity index (χ3v) is 4.12. The molecule has 1 aromatic heterocycles. The molecule has 1 aromatic carbocycles. The van der Waals surface area contributed by atoms with Gasteiger partial charge in [0.2, 0.25) is 0 Å². The minimum Gasteiger partial charge on any atom is -0.466 e. The van der Waals surface area contributed by atoms with Crippen LogP contribution in [-0.4, -0.2) is 41.8 Å². The Morgan fingerprint density at radius 1 is 1.12 bits per heavy atom. The summed E-state index contributed by atoms with van der Waals surface area (Å²) in [6.07, 6.45) is 1.29. The van der Waals surface area contributed by atoms with E-state index in [1.54, 1.807) is 32.9 Å². The number of nitrogens with zero attached hydrogens (tertiary/aromatic N) is 1. The van der Waals surface area contributed by atoms with Crippen LogP contribution in [0.5, 0.6) is 0 Å². The van der Waals surface area contributed by atoms with Crippen LogP contribution in [0, 0.1) is 5.82 Å². The molecular weight excluding hydrogens is 431 g/mol. The number of aromatic nitrogens is 1. The lowest BCUT2D eigenvalue weighted by Crippen LogP contribution is -2.45. The van der Waals surface area contributed by atoms with Crippen molar-refractivity contribution in [1.29, 1.82) is 0 Å². The molecule has 0 saturated heterocycles. The molecule has 0 aliphatic rings. The molecule has 0 aliphatic carbocycles. The monoisotopic (exact) mass is 458 g/mol. The number of methoxy groups -OCH3 is 1. The van der Waals surface area contributed by atoms with Gasteiger partial charge in [-0.1, -0.05) is 30.3 Å². The number of pyridine rings is 1. The molecule has 1 unspecified atom stereocenters. The number of carbonyl (C=O) groups excluding carboxylic acids is 3. The van der Waals surface area contributed by atoms with Gasteiger partial charge >= 0.3 is 18.0 Å². The molecule has 2 aromatic rings. The van der Waals surface area contributed by atoms with Crippen molar-refractivity contribution in [1.82, 2.24) is 10.3 Å². The molecule has 0 saturated carbocycles. The summed E-state index contributed by atoms with van der Waals surface area (Å²) in [6, 6.07) is 10.4. The van der Waals surface area contributed by atoms with Gasteiger partial charge in [0.25, 0.3) is 0 Å². The second-order valence-electron chi connectivity index (χ2n) is 8.02. The molecule has 1 atom stereocenters. The lowest BCUT2D eigenvalue weighted by atomic mass is 10.1. The van der Waals surface area contributed by atoms with Gasteiger partial charge in [0.1, 0.15) is 24.1 Å². The van der Waals surface area contributed by atoms with E-state index in [1.807, 2.05) is 18.2 Å². The van der Waals surface area contributed by atoms with Crippen LogP contribution in [0.3, 0.4) is 0 Å². The highest BCUT2D eigenvalue weighted by Gasteiger charge is 2.26. The maximum atomic E-state index is 14.1. The van der Waals surface area contributed by atoms with Gasteiger partial charge in [-0.15, -0.1) is 0 Å². The highest BCUT2D eigenvalue weighted by Crippen LogP contribution is 2.13. The van der Waals surface area contributed by atoms with Crippen LogP contribution in [-0.2, 0) is 36.8 Å². The summed E-state index contributed by atoms with van der Waals surface area (Å²) in [6.45, 7) is 5.08. The normalized spacial score (nSPS) is 12.2. The van der Waals surface area contributed by atoms with Crippen molar-refractivity contribution < 1.29 is 33.0 Å². The van der Waals surface area contributed by atoms with Crippen molar-refractivity contribution in [3.05, 3.63) is 71.3 Å². The van der Waals surface area contributed by atoms with Crippen LogP contribution in [0.25, 0.3) is 6.08 Å². The summed E-state index contributed by atoms with van der Waals surface area (Å²) in [4.78, 5) is 40.5. The fourth-order valence-corrected chi connectivity index (χ4v) is 2.63. The topological polar surface area (TPSA) is 104 Å². The maximum absolute atomic E-state index is 14.1. The largest absolute Gasteiger partial charge is 0.466 e.